The highest BCUT2D eigenvalue weighted by atomic mass is 15.3. The molecule has 2 aromatic heterocycles. The molecule has 0 N–H and O–H groups in total. The molecule has 4 heterocycles. The van der Waals surface area contributed by atoms with Crippen LogP contribution < -0.4 is 4.90 Å². The van der Waals surface area contributed by atoms with Gasteiger partial charge in [0, 0.05) is 38.3 Å². The van der Waals surface area contributed by atoms with Gasteiger partial charge in [-0.2, -0.15) is 5.10 Å². The lowest BCUT2D eigenvalue weighted by atomic mass is 10.0. The summed E-state index contributed by atoms with van der Waals surface area (Å²) in [5, 5.41) is 5.42. The maximum atomic E-state index is 4.59. The van der Waals surface area contributed by atoms with Crippen LogP contribution in [0.2, 0.25) is 0 Å². The van der Waals surface area contributed by atoms with Gasteiger partial charge in [-0.1, -0.05) is 0 Å². The number of fused-ring (bicyclic) bond motifs is 1. The van der Waals surface area contributed by atoms with Crippen LogP contribution in [0.25, 0.3) is 11.0 Å². The molecule has 124 valence electrons. The van der Waals surface area contributed by atoms with Crippen LogP contribution in [0, 0.1) is 0 Å². The van der Waals surface area contributed by atoms with Crippen LogP contribution in [0.1, 0.15) is 39.5 Å². The van der Waals surface area contributed by atoms with Crippen molar-refractivity contribution in [1.82, 2.24) is 24.6 Å². The minimum atomic E-state index is 0.637. The summed E-state index contributed by atoms with van der Waals surface area (Å²) in [6, 6.07) is 2.05. The average Bonchev–Trinajstić information content (AvgIpc) is 3.10. The minimum Gasteiger partial charge on any atom is -0.354 e. The third kappa shape index (κ3) is 2.49. The summed E-state index contributed by atoms with van der Waals surface area (Å²) in [5.74, 6) is 1.05. The van der Waals surface area contributed by atoms with Gasteiger partial charge in [-0.15, -0.1) is 0 Å². The molecule has 2 saturated heterocycles. The minimum absolute atomic E-state index is 0.637. The van der Waals surface area contributed by atoms with Crippen molar-refractivity contribution in [2.24, 2.45) is 7.05 Å². The number of anilines is 1. The maximum absolute atomic E-state index is 4.59. The van der Waals surface area contributed by atoms with E-state index in [9.17, 15) is 0 Å². The Hall–Kier alpha value is -1.69. The highest BCUT2D eigenvalue weighted by Gasteiger charge is 2.35. The fourth-order valence-electron chi connectivity index (χ4n) is 4.53. The van der Waals surface area contributed by atoms with Gasteiger partial charge in [-0.3, -0.25) is 9.58 Å². The Bertz CT molecular complexity index is 685. The predicted octanol–water partition coefficient (Wildman–Crippen LogP) is 2.20. The quantitative estimate of drug-likeness (QED) is 0.850. The highest BCUT2D eigenvalue weighted by Crippen LogP contribution is 2.32. The van der Waals surface area contributed by atoms with Gasteiger partial charge >= 0.3 is 0 Å². The lowest BCUT2D eigenvalue weighted by Gasteiger charge is -2.42. The Morgan fingerprint density at radius 1 is 1.09 bits per heavy atom. The molecule has 2 aliphatic heterocycles. The van der Waals surface area contributed by atoms with Crippen molar-refractivity contribution in [2.45, 2.75) is 57.7 Å². The summed E-state index contributed by atoms with van der Waals surface area (Å²) in [5.41, 5.74) is 0.917. The van der Waals surface area contributed by atoms with Crippen LogP contribution >= 0.6 is 0 Å². The molecule has 0 saturated carbocycles. The van der Waals surface area contributed by atoms with Crippen LogP contribution in [0.5, 0.6) is 0 Å². The lowest BCUT2D eigenvalue weighted by molar-refractivity contribution is 0.129. The van der Waals surface area contributed by atoms with E-state index in [-0.39, 0.29) is 0 Å². The summed E-state index contributed by atoms with van der Waals surface area (Å²) < 4.78 is 1.83. The van der Waals surface area contributed by atoms with Crippen molar-refractivity contribution in [3.8, 4) is 0 Å². The van der Waals surface area contributed by atoms with Crippen molar-refractivity contribution < 1.29 is 0 Å². The zero-order chi connectivity index (χ0) is 16.0. The number of hydrogen-bond acceptors (Lipinski definition) is 5. The molecular weight excluding hydrogens is 288 g/mol. The fourth-order valence-corrected chi connectivity index (χ4v) is 4.53. The first-order chi connectivity index (χ1) is 11.1. The smallest absolute Gasteiger partial charge is 0.163 e. The third-order valence-electron chi connectivity index (χ3n) is 5.65. The maximum Gasteiger partial charge on any atom is 0.163 e. The molecule has 6 nitrogen and oxygen atoms in total. The first kappa shape index (κ1) is 14.9. The van der Waals surface area contributed by atoms with Crippen LogP contribution in [0.15, 0.2) is 12.5 Å². The van der Waals surface area contributed by atoms with Gasteiger partial charge in [0.25, 0.3) is 0 Å². The van der Waals surface area contributed by atoms with Gasteiger partial charge in [0.15, 0.2) is 5.65 Å². The van der Waals surface area contributed by atoms with E-state index in [0.717, 1.165) is 29.9 Å². The average molecular weight is 314 g/mol. The molecule has 3 atom stereocenters. The molecule has 4 rings (SSSR count). The summed E-state index contributed by atoms with van der Waals surface area (Å²) >= 11 is 0. The third-order valence-corrected chi connectivity index (χ3v) is 5.65. The Balaban J connectivity index is 1.61. The molecule has 0 bridgehead atoms. The van der Waals surface area contributed by atoms with E-state index in [1.807, 2.05) is 17.9 Å². The summed E-state index contributed by atoms with van der Waals surface area (Å²) in [7, 11) is 1.94. The van der Waals surface area contributed by atoms with Crippen molar-refractivity contribution in [1.29, 1.82) is 0 Å². The van der Waals surface area contributed by atoms with Gasteiger partial charge in [0.1, 0.15) is 12.1 Å². The largest absolute Gasteiger partial charge is 0.354 e. The predicted molar refractivity (Wildman–Crippen MR) is 91.5 cm³/mol. The molecule has 2 aromatic rings. The molecule has 2 fully saturated rings. The van der Waals surface area contributed by atoms with Gasteiger partial charge < -0.3 is 4.90 Å². The standard InChI is InChI=1S/C17H26N6/c1-12-6-7-13(2)23(12)14-5-4-8-22(10-14)17-15-9-20-21(3)16(15)18-11-19-17/h9,11-14H,4-8,10H2,1-3H3/t12-,13-,14+/m1/s1. The molecule has 0 unspecified atom stereocenters. The molecule has 0 aromatic carbocycles. The van der Waals surface area contributed by atoms with E-state index >= 15 is 0 Å². The molecular formula is C17H26N6. The second-order valence-corrected chi connectivity index (χ2v) is 7.17. The van der Waals surface area contributed by atoms with E-state index < -0.39 is 0 Å². The lowest BCUT2D eigenvalue weighted by Crippen LogP contribution is -2.51. The molecule has 0 amide bonds. The zero-order valence-electron chi connectivity index (χ0n) is 14.3. The number of likely N-dealkylation sites (tertiary alicyclic amines) is 1. The van der Waals surface area contributed by atoms with Crippen LogP contribution in [-0.4, -0.2) is 55.9 Å². The molecule has 0 spiro atoms. The van der Waals surface area contributed by atoms with Crippen LogP contribution in [0.3, 0.4) is 0 Å². The van der Waals surface area contributed by atoms with E-state index in [1.54, 1.807) is 6.33 Å². The Morgan fingerprint density at radius 2 is 1.87 bits per heavy atom. The first-order valence-electron chi connectivity index (χ1n) is 8.80. The number of nitrogens with zero attached hydrogens (tertiary/aromatic N) is 6. The normalized spacial score (nSPS) is 29.5. The molecule has 0 radical (unpaired) electrons. The van der Waals surface area contributed by atoms with E-state index in [0.29, 0.717) is 18.1 Å². The number of hydrogen-bond donors (Lipinski definition) is 0. The zero-order valence-corrected chi connectivity index (χ0v) is 14.3. The molecule has 0 aliphatic carbocycles. The van der Waals surface area contributed by atoms with Crippen molar-refractivity contribution >= 4 is 16.9 Å². The first-order valence-corrected chi connectivity index (χ1v) is 8.80. The second kappa shape index (κ2) is 5.74. The van der Waals surface area contributed by atoms with Gasteiger partial charge in [-0.25, -0.2) is 9.97 Å². The number of aryl methyl sites for hydroxylation is 1. The van der Waals surface area contributed by atoms with Gasteiger partial charge in [0.05, 0.1) is 11.6 Å². The van der Waals surface area contributed by atoms with Crippen LogP contribution in [-0.2, 0) is 7.05 Å². The number of rotatable bonds is 2. The van der Waals surface area contributed by atoms with Crippen molar-refractivity contribution in [3.63, 3.8) is 0 Å². The van der Waals surface area contributed by atoms with Crippen LogP contribution in [0.4, 0.5) is 5.82 Å². The van der Waals surface area contributed by atoms with E-state index in [1.165, 1.54) is 25.7 Å². The highest BCUT2D eigenvalue weighted by molar-refractivity contribution is 5.86. The SMILES string of the molecule is C[C@@H]1CC[C@@H](C)N1[C@H]1CCCN(c2ncnc3c2cnn3C)C1. The molecule has 2 aliphatic rings. The second-order valence-electron chi connectivity index (χ2n) is 7.17. The molecule has 23 heavy (non-hydrogen) atoms. The topological polar surface area (TPSA) is 50.1 Å². The Kier molecular flexibility index (Phi) is 3.71. The summed E-state index contributed by atoms with van der Waals surface area (Å²) in [6.45, 7) is 6.91. The van der Waals surface area contributed by atoms with Crippen molar-refractivity contribution in [3.05, 3.63) is 12.5 Å². The van der Waals surface area contributed by atoms with E-state index in [2.05, 4.69) is 38.7 Å². The summed E-state index contributed by atoms with van der Waals surface area (Å²) in [6.07, 6.45) is 8.76. The number of aromatic nitrogens is 4. The summed E-state index contributed by atoms with van der Waals surface area (Å²) in [4.78, 5) is 14.1. The van der Waals surface area contributed by atoms with Gasteiger partial charge in [0.2, 0.25) is 0 Å². The van der Waals surface area contributed by atoms with Gasteiger partial charge in [-0.05, 0) is 39.5 Å². The number of piperidine rings is 1. The van der Waals surface area contributed by atoms with Crippen molar-refractivity contribution in [2.75, 3.05) is 18.0 Å². The fraction of sp³-hybridized carbons (Fsp3) is 0.706. The Morgan fingerprint density at radius 3 is 2.65 bits per heavy atom. The Labute approximate surface area is 137 Å². The molecule has 6 heteroatoms. The van der Waals surface area contributed by atoms with E-state index in [4.69, 9.17) is 0 Å². The monoisotopic (exact) mass is 314 g/mol.